The lowest BCUT2D eigenvalue weighted by atomic mass is 9.97. The van der Waals surface area contributed by atoms with Crippen LogP contribution in [0.3, 0.4) is 0 Å². The molecular weight excluding hydrogens is 242 g/mol. The predicted molar refractivity (Wildman–Crippen MR) is 75.3 cm³/mol. The summed E-state index contributed by atoms with van der Waals surface area (Å²) in [6.45, 7) is 4.69. The second-order valence-electron chi connectivity index (χ2n) is 6.30. The Kier molecular flexibility index (Phi) is 6.07. The molecule has 2 aliphatic rings. The van der Waals surface area contributed by atoms with Crippen LogP contribution in [0.15, 0.2) is 0 Å². The van der Waals surface area contributed by atoms with Crippen molar-refractivity contribution in [2.45, 2.75) is 69.6 Å². The number of hydrogen-bond acceptors (Lipinski definition) is 4. The van der Waals surface area contributed by atoms with Crippen molar-refractivity contribution >= 4 is 0 Å². The fourth-order valence-corrected chi connectivity index (χ4v) is 2.64. The van der Waals surface area contributed by atoms with Crippen LogP contribution in [0.1, 0.15) is 51.9 Å². The SMILES string of the molecule is CC(CO)(CCCOCC1CCCCO1)NC1CC1. The van der Waals surface area contributed by atoms with Crippen molar-refractivity contribution in [2.24, 2.45) is 0 Å². The minimum Gasteiger partial charge on any atom is -0.394 e. The molecule has 1 saturated carbocycles. The highest BCUT2D eigenvalue weighted by Gasteiger charge is 2.31. The zero-order valence-corrected chi connectivity index (χ0v) is 12.2. The van der Waals surface area contributed by atoms with Gasteiger partial charge in [0.15, 0.2) is 0 Å². The second-order valence-corrected chi connectivity index (χ2v) is 6.30. The van der Waals surface area contributed by atoms with Crippen LogP contribution >= 0.6 is 0 Å². The zero-order chi connectivity index (χ0) is 13.6. The lowest BCUT2D eigenvalue weighted by molar-refractivity contribution is -0.0419. The molecule has 0 aromatic carbocycles. The summed E-state index contributed by atoms with van der Waals surface area (Å²) in [7, 11) is 0. The fourth-order valence-electron chi connectivity index (χ4n) is 2.64. The van der Waals surface area contributed by atoms with Gasteiger partial charge in [0.25, 0.3) is 0 Å². The van der Waals surface area contributed by atoms with Crippen LogP contribution in [-0.2, 0) is 9.47 Å². The molecule has 112 valence electrons. The van der Waals surface area contributed by atoms with Gasteiger partial charge in [0.05, 0.1) is 19.3 Å². The maximum Gasteiger partial charge on any atom is 0.0808 e. The fraction of sp³-hybridized carbons (Fsp3) is 1.00. The van der Waals surface area contributed by atoms with E-state index in [0.29, 0.717) is 12.1 Å². The molecule has 2 rings (SSSR count). The lowest BCUT2D eigenvalue weighted by Gasteiger charge is -2.29. The van der Waals surface area contributed by atoms with E-state index in [0.717, 1.165) is 39.1 Å². The Morgan fingerprint density at radius 3 is 2.79 bits per heavy atom. The molecule has 0 aromatic rings. The van der Waals surface area contributed by atoms with Gasteiger partial charge in [-0.2, -0.15) is 0 Å². The molecule has 0 aromatic heterocycles. The topological polar surface area (TPSA) is 50.7 Å². The minimum atomic E-state index is -0.133. The lowest BCUT2D eigenvalue weighted by Crippen LogP contribution is -2.47. The average molecular weight is 271 g/mol. The molecule has 0 amide bonds. The Morgan fingerprint density at radius 2 is 2.16 bits per heavy atom. The summed E-state index contributed by atoms with van der Waals surface area (Å²) in [5.41, 5.74) is -0.133. The van der Waals surface area contributed by atoms with Crippen molar-refractivity contribution in [3.8, 4) is 0 Å². The second kappa shape index (κ2) is 7.58. The van der Waals surface area contributed by atoms with Gasteiger partial charge in [0, 0.05) is 24.8 Å². The summed E-state index contributed by atoms with van der Waals surface area (Å²) in [5.74, 6) is 0. The molecule has 0 spiro atoms. The van der Waals surface area contributed by atoms with Crippen LogP contribution in [0.5, 0.6) is 0 Å². The Hall–Kier alpha value is -0.160. The zero-order valence-electron chi connectivity index (χ0n) is 12.2. The van der Waals surface area contributed by atoms with Crippen LogP contribution in [0, 0.1) is 0 Å². The van der Waals surface area contributed by atoms with Crippen LogP contribution in [-0.4, -0.2) is 49.2 Å². The third-order valence-corrected chi connectivity index (χ3v) is 4.07. The summed E-state index contributed by atoms with van der Waals surface area (Å²) in [4.78, 5) is 0. The minimum absolute atomic E-state index is 0.133. The first kappa shape index (κ1) is 15.2. The van der Waals surface area contributed by atoms with Crippen LogP contribution in [0.25, 0.3) is 0 Å². The molecule has 4 heteroatoms. The van der Waals surface area contributed by atoms with Gasteiger partial charge in [-0.15, -0.1) is 0 Å². The van der Waals surface area contributed by atoms with Gasteiger partial charge in [0.2, 0.25) is 0 Å². The van der Waals surface area contributed by atoms with Crippen molar-refractivity contribution < 1.29 is 14.6 Å². The van der Waals surface area contributed by atoms with E-state index < -0.39 is 0 Å². The Labute approximate surface area is 116 Å². The van der Waals surface area contributed by atoms with Crippen LogP contribution in [0.2, 0.25) is 0 Å². The molecule has 1 aliphatic heterocycles. The Bertz CT molecular complexity index is 252. The molecule has 4 nitrogen and oxygen atoms in total. The molecule has 19 heavy (non-hydrogen) atoms. The highest BCUT2D eigenvalue weighted by Crippen LogP contribution is 2.24. The number of ether oxygens (including phenoxy) is 2. The highest BCUT2D eigenvalue weighted by molar-refractivity contribution is 4.92. The van der Waals surface area contributed by atoms with E-state index in [4.69, 9.17) is 9.47 Å². The van der Waals surface area contributed by atoms with Crippen molar-refractivity contribution in [3.63, 3.8) is 0 Å². The monoisotopic (exact) mass is 271 g/mol. The van der Waals surface area contributed by atoms with Gasteiger partial charge in [-0.05, 0) is 51.9 Å². The largest absolute Gasteiger partial charge is 0.394 e. The van der Waals surface area contributed by atoms with E-state index in [2.05, 4.69) is 12.2 Å². The smallest absolute Gasteiger partial charge is 0.0808 e. The van der Waals surface area contributed by atoms with Crippen molar-refractivity contribution in [3.05, 3.63) is 0 Å². The summed E-state index contributed by atoms with van der Waals surface area (Å²) in [6.07, 6.45) is 8.37. The first-order valence-corrected chi connectivity index (χ1v) is 7.80. The molecule has 2 atom stereocenters. The molecule has 0 radical (unpaired) electrons. The molecular formula is C15H29NO3. The summed E-state index contributed by atoms with van der Waals surface area (Å²) < 4.78 is 11.3. The maximum absolute atomic E-state index is 9.50. The third kappa shape index (κ3) is 5.78. The van der Waals surface area contributed by atoms with E-state index in [1.165, 1.54) is 25.7 Å². The van der Waals surface area contributed by atoms with E-state index >= 15 is 0 Å². The first-order valence-electron chi connectivity index (χ1n) is 7.80. The molecule has 1 heterocycles. The molecule has 1 saturated heterocycles. The van der Waals surface area contributed by atoms with E-state index in [9.17, 15) is 5.11 Å². The first-order chi connectivity index (χ1) is 9.22. The van der Waals surface area contributed by atoms with Crippen molar-refractivity contribution in [1.29, 1.82) is 0 Å². The van der Waals surface area contributed by atoms with E-state index in [1.807, 2.05) is 0 Å². The van der Waals surface area contributed by atoms with Crippen LogP contribution < -0.4 is 5.32 Å². The van der Waals surface area contributed by atoms with E-state index in [-0.39, 0.29) is 12.1 Å². The number of hydrogen-bond donors (Lipinski definition) is 2. The number of rotatable bonds is 9. The van der Waals surface area contributed by atoms with Crippen molar-refractivity contribution in [1.82, 2.24) is 5.32 Å². The number of aliphatic hydroxyl groups excluding tert-OH is 1. The van der Waals surface area contributed by atoms with Gasteiger partial charge in [0.1, 0.15) is 0 Å². The van der Waals surface area contributed by atoms with Gasteiger partial charge in [-0.25, -0.2) is 0 Å². The molecule has 2 fully saturated rings. The van der Waals surface area contributed by atoms with Crippen molar-refractivity contribution in [2.75, 3.05) is 26.4 Å². The normalized spacial score (nSPS) is 27.2. The summed E-state index contributed by atoms with van der Waals surface area (Å²) >= 11 is 0. The molecule has 2 N–H and O–H groups in total. The summed E-state index contributed by atoms with van der Waals surface area (Å²) in [5, 5.41) is 13.0. The Balaban J connectivity index is 1.52. The number of aliphatic hydroxyl groups is 1. The number of nitrogens with one attached hydrogen (secondary N) is 1. The van der Waals surface area contributed by atoms with Gasteiger partial charge < -0.3 is 19.9 Å². The maximum atomic E-state index is 9.50. The third-order valence-electron chi connectivity index (χ3n) is 4.07. The van der Waals surface area contributed by atoms with Gasteiger partial charge in [-0.1, -0.05) is 0 Å². The highest BCUT2D eigenvalue weighted by atomic mass is 16.5. The van der Waals surface area contributed by atoms with Gasteiger partial charge >= 0.3 is 0 Å². The standard InChI is InChI=1S/C15H29NO3/c1-15(12-17,16-13-6-7-13)8-4-9-18-11-14-5-2-3-10-19-14/h13-14,16-17H,2-12H2,1H3. The van der Waals surface area contributed by atoms with E-state index in [1.54, 1.807) is 0 Å². The summed E-state index contributed by atoms with van der Waals surface area (Å²) in [6, 6.07) is 0.633. The molecule has 1 aliphatic carbocycles. The molecule has 2 unspecified atom stereocenters. The Morgan fingerprint density at radius 1 is 1.32 bits per heavy atom. The van der Waals surface area contributed by atoms with Gasteiger partial charge in [-0.3, -0.25) is 0 Å². The molecule has 0 bridgehead atoms. The predicted octanol–water partition coefficient (Wildman–Crippen LogP) is 1.86. The average Bonchev–Trinajstić information content (AvgIpc) is 3.23. The quantitative estimate of drug-likeness (QED) is 0.628. The van der Waals surface area contributed by atoms with Crippen LogP contribution in [0.4, 0.5) is 0 Å².